The summed E-state index contributed by atoms with van der Waals surface area (Å²) >= 11 is 0. The van der Waals surface area contributed by atoms with Crippen molar-refractivity contribution in [1.82, 2.24) is 10.7 Å². The van der Waals surface area contributed by atoms with Crippen LogP contribution in [0.4, 0.5) is 10.5 Å². The van der Waals surface area contributed by atoms with E-state index in [0.717, 1.165) is 17.7 Å². The largest absolute Gasteiger partial charge is 0.338 e. The lowest BCUT2D eigenvalue weighted by Gasteiger charge is -2.28. The standard InChI is InChI=1S/C16H17N3O/c1-2-16(13-9-5-3-6-10-13)17-15(20)19(18-16)14-11-7-4-8-12-14/h3-12,18H,2H2,1H3,(H,17,20)/t16-/m1/s1. The maximum absolute atomic E-state index is 12.3. The summed E-state index contributed by atoms with van der Waals surface area (Å²) in [5.74, 6) is 0. The van der Waals surface area contributed by atoms with Crippen LogP contribution in [-0.2, 0) is 5.66 Å². The van der Waals surface area contributed by atoms with Crippen molar-refractivity contribution in [3.63, 3.8) is 0 Å². The number of hydrogen-bond donors (Lipinski definition) is 2. The van der Waals surface area contributed by atoms with Crippen LogP contribution in [0.2, 0.25) is 0 Å². The van der Waals surface area contributed by atoms with Crippen molar-refractivity contribution in [2.75, 3.05) is 5.01 Å². The molecule has 0 bridgehead atoms. The SMILES string of the molecule is CC[C@@]1(c2ccccc2)NC(=O)N(c2ccccc2)N1. The van der Waals surface area contributed by atoms with Crippen molar-refractivity contribution in [2.45, 2.75) is 19.0 Å². The van der Waals surface area contributed by atoms with E-state index in [0.29, 0.717) is 0 Å². The second-order valence-corrected chi connectivity index (χ2v) is 4.84. The third-order valence-electron chi connectivity index (χ3n) is 3.64. The highest BCUT2D eigenvalue weighted by molar-refractivity contribution is 5.93. The molecule has 3 rings (SSSR count). The maximum atomic E-state index is 12.3. The lowest BCUT2D eigenvalue weighted by molar-refractivity contribution is 0.245. The number of carbonyl (C=O) groups excluding carboxylic acids is 1. The van der Waals surface area contributed by atoms with Gasteiger partial charge in [0, 0.05) is 0 Å². The molecule has 2 aromatic rings. The van der Waals surface area contributed by atoms with Gasteiger partial charge in [0.1, 0.15) is 5.66 Å². The third-order valence-corrected chi connectivity index (χ3v) is 3.64. The van der Waals surface area contributed by atoms with Crippen LogP contribution < -0.4 is 15.8 Å². The van der Waals surface area contributed by atoms with Crippen molar-refractivity contribution in [3.8, 4) is 0 Å². The van der Waals surface area contributed by atoms with E-state index in [1.807, 2.05) is 60.7 Å². The number of benzene rings is 2. The first kappa shape index (κ1) is 12.7. The monoisotopic (exact) mass is 267 g/mol. The Morgan fingerprint density at radius 3 is 2.20 bits per heavy atom. The number of amides is 2. The molecule has 1 aliphatic heterocycles. The topological polar surface area (TPSA) is 44.4 Å². The Morgan fingerprint density at radius 2 is 1.60 bits per heavy atom. The fourth-order valence-electron chi connectivity index (χ4n) is 2.50. The van der Waals surface area contributed by atoms with Gasteiger partial charge in [0.25, 0.3) is 0 Å². The molecule has 1 heterocycles. The first-order chi connectivity index (χ1) is 9.75. The predicted octanol–water partition coefficient (Wildman–Crippen LogP) is 2.98. The van der Waals surface area contributed by atoms with E-state index in [2.05, 4.69) is 17.7 Å². The van der Waals surface area contributed by atoms with Crippen LogP contribution >= 0.6 is 0 Å². The summed E-state index contributed by atoms with van der Waals surface area (Å²) in [6.07, 6.45) is 0.756. The van der Waals surface area contributed by atoms with Crippen molar-refractivity contribution >= 4 is 11.7 Å². The summed E-state index contributed by atoms with van der Waals surface area (Å²) < 4.78 is 0. The minimum absolute atomic E-state index is 0.137. The molecule has 1 aliphatic rings. The van der Waals surface area contributed by atoms with Crippen LogP contribution in [0.3, 0.4) is 0 Å². The van der Waals surface area contributed by atoms with Gasteiger partial charge in [-0.15, -0.1) is 0 Å². The summed E-state index contributed by atoms with van der Waals surface area (Å²) in [6.45, 7) is 2.05. The maximum Gasteiger partial charge on any atom is 0.338 e. The Hall–Kier alpha value is -2.33. The van der Waals surface area contributed by atoms with E-state index in [9.17, 15) is 4.79 Å². The van der Waals surface area contributed by atoms with Gasteiger partial charge in [-0.1, -0.05) is 55.5 Å². The van der Waals surface area contributed by atoms with Crippen LogP contribution in [0, 0.1) is 0 Å². The number of hydrazine groups is 1. The third kappa shape index (κ3) is 2.04. The van der Waals surface area contributed by atoms with Gasteiger partial charge in [-0.25, -0.2) is 9.80 Å². The summed E-state index contributed by atoms with van der Waals surface area (Å²) in [5, 5.41) is 4.62. The lowest BCUT2D eigenvalue weighted by Crippen LogP contribution is -2.47. The molecule has 20 heavy (non-hydrogen) atoms. The highest BCUT2D eigenvalue weighted by Gasteiger charge is 2.42. The average molecular weight is 267 g/mol. The molecular formula is C16H17N3O. The zero-order valence-electron chi connectivity index (χ0n) is 11.3. The zero-order valence-corrected chi connectivity index (χ0v) is 11.3. The molecule has 1 atom stereocenters. The minimum atomic E-state index is -0.547. The van der Waals surface area contributed by atoms with Gasteiger partial charge in [-0.2, -0.15) is 5.43 Å². The van der Waals surface area contributed by atoms with E-state index >= 15 is 0 Å². The summed E-state index contributed by atoms with van der Waals surface area (Å²) in [5.41, 5.74) is 4.64. The van der Waals surface area contributed by atoms with Gasteiger partial charge in [-0.3, -0.25) is 0 Å². The van der Waals surface area contributed by atoms with Crippen LogP contribution in [0.25, 0.3) is 0 Å². The minimum Gasteiger partial charge on any atom is -0.313 e. The molecule has 4 heteroatoms. The Kier molecular flexibility index (Phi) is 3.16. The number of urea groups is 1. The van der Waals surface area contributed by atoms with Gasteiger partial charge >= 0.3 is 6.03 Å². The van der Waals surface area contributed by atoms with Gasteiger partial charge in [0.15, 0.2) is 0 Å². The summed E-state index contributed by atoms with van der Waals surface area (Å²) in [6, 6.07) is 19.4. The van der Waals surface area contributed by atoms with Crippen LogP contribution in [0.1, 0.15) is 18.9 Å². The molecule has 0 unspecified atom stereocenters. The summed E-state index contributed by atoms with van der Waals surface area (Å²) in [4.78, 5) is 12.3. The van der Waals surface area contributed by atoms with E-state index in [1.54, 1.807) is 5.01 Å². The van der Waals surface area contributed by atoms with Crippen molar-refractivity contribution < 1.29 is 4.79 Å². The highest BCUT2D eigenvalue weighted by atomic mass is 16.2. The molecule has 0 aliphatic carbocycles. The van der Waals surface area contributed by atoms with E-state index in [-0.39, 0.29) is 6.03 Å². The number of nitrogens with zero attached hydrogens (tertiary/aromatic N) is 1. The van der Waals surface area contributed by atoms with E-state index in [4.69, 9.17) is 0 Å². The molecule has 2 N–H and O–H groups in total. The molecule has 2 aromatic carbocycles. The Labute approximate surface area is 118 Å². The molecule has 0 aromatic heterocycles. The average Bonchev–Trinajstić information content (AvgIpc) is 2.87. The number of hydrogen-bond acceptors (Lipinski definition) is 2. The number of anilines is 1. The normalized spacial score (nSPS) is 21.9. The van der Waals surface area contributed by atoms with Gasteiger partial charge < -0.3 is 5.32 Å². The van der Waals surface area contributed by atoms with Gasteiger partial charge in [0.2, 0.25) is 0 Å². The van der Waals surface area contributed by atoms with Crippen molar-refractivity contribution in [2.24, 2.45) is 0 Å². The lowest BCUT2D eigenvalue weighted by atomic mass is 9.98. The van der Waals surface area contributed by atoms with Gasteiger partial charge in [-0.05, 0) is 24.1 Å². The molecule has 0 spiro atoms. The highest BCUT2D eigenvalue weighted by Crippen LogP contribution is 2.29. The quantitative estimate of drug-likeness (QED) is 0.898. The Balaban J connectivity index is 1.96. The predicted molar refractivity (Wildman–Crippen MR) is 79.0 cm³/mol. The molecule has 1 fully saturated rings. The number of carbonyl (C=O) groups is 1. The molecule has 0 radical (unpaired) electrons. The first-order valence-electron chi connectivity index (χ1n) is 6.76. The fraction of sp³-hybridized carbons (Fsp3) is 0.188. The Morgan fingerprint density at radius 1 is 1.00 bits per heavy atom. The van der Waals surface area contributed by atoms with Crippen LogP contribution in [0.15, 0.2) is 60.7 Å². The number of para-hydroxylation sites is 1. The molecule has 1 saturated heterocycles. The van der Waals surface area contributed by atoms with Crippen molar-refractivity contribution in [1.29, 1.82) is 0 Å². The smallest absolute Gasteiger partial charge is 0.313 e. The number of rotatable bonds is 3. The Bertz CT molecular complexity index is 600. The molecule has 2 amide bonds. The first-order valence-corrected chi connectivity index (χ1v) is 6.76. The number of nitrogens with one attached hydrogen (secondary N) is 2. The van der Waals surface area contributed by atoms with Gasteiger partial charge in [0.05, 0.1) is 5.69 Å². The van der Waals surface area contributed by atoms with Crippen LogP contribution in [-0.4, -0.2) is 6.03 Å². The second-order valence-electron chi connectivity index (χ2n) is 4.84. The van der Waals surface area contributed by atoms with E-state index in [1.165, 1.54) is 0 Å². The van der Waals surface area contributed by atoms with Crippen molar-refractivity contribution in [3.05, 3.63) is 66.2 Å². The zero-order chi connectivity index (χ0) is 14.0. The molecule has 0 saturated carbocycles. The molecule has 102 valence electrons. The fourth-order valence-corrected chi connectivity index (χ4v) is 2.50. The molecule has 4 nitrogen and oxygen atoms in total. The van der Waals surface area contributed by atoms with Crippen LogP contribution in [0.5, 0.6) is 0 Å². The molecular weight excluding hydrogens is 250 g/mol. The summed E-state index contributed by atoms with van der Waals surface area (Å²) in [7, 11) is 0. The second kappa shape index (κ2) is 4.98. The van der Waals surface area contributed by atoms with E-state index < -0.39 is 5.66 Å².